The van der Waals surface area contributed by atoms with Gasteiger partial charge >= 0.3 is 7.75 Å². The maximum absolute atomic E-state index is 12.0. The van der Waals surface area contributed by atoms with Gasteiger partial charge in [-0.15, -0.1) is 4.49 Å². The molecule has 0 aromatic carbocycles. The Morgan fingerprint density at radius 1 is 1.38 bits per heavy atom. The van der Waals surface area contributed by atoms with Crippen LogP contribution in [0.3, 0.4) is 0 Å². The second kappa shape index (κ2) is 6.09. The highest BCUT2D eigenvalue weighted by atomic mass is 32.2. The van der Waals surface area contributed by atoms with E-state index in [-0.39, 0.29) is 6.61 Å². The van der Waals surface area contributed by atoms with E-state index in [9.17, 15) is 13.0 Å². The lowest BCUT2D eigenvalue weighted by molar-refractivity contribution is 0.170. The van der Waals surface area contributed by atoms with Crippen LogP contribution in [-0.2, 0) is 23.8 Å². The Morgan fingerprint density at radius 2 is 1.88 bits per heavy atom. The van der Waals surface area contributed by atoms with Crippen LogP contribution in [-0.4, -0.2) is 39.5 Å². The van der Waals surface area contributed by atoms with Crippen molar-refractivity contribution >= 4 is 18.0 Å². The standard InChI is InChI=1S/C7H19N2O5PS/c1-6-13-15(10,14-7(2)3)8-16(11,12)9(4)5/h7H,6H2,1-5H3,(H,8,10). The number of rotatable bonds is 7. The molecule has 0 saturated carbocycles. The molecule has 0 spiro atoms. The Labute approximate surface area is 96.9 Å². The van der Waals surface area contributed by atoms with Gasteiger partial charge in [-0.1, -0.05) is 0 Å². The van der Waals surface area contributed by atoms with Crippen molar-refractivity contribution in [3.63, 3.8) is 0 Å². The van der Waals surface area contributed by atoms with Crippen LogP contribution in [0.15, 0.2) is 0 Å². The van der Waals surface area contributed by atoms with E-state index >= 15 is 0 Å². The molecule has 0 aliphatic carbocycles. The van der Waals surface area contributed by atoms with Gasteiger partial charge in [0.25, 0.3) is 10.2 Å². The number of hydrogen-bond acceptors (Lipinski definition) is 5. The highest BCUT2D eigenvalue weighted by Crippen LogP contribution is 2.45. The third kappa shape index (κ3) is 5.38. The molecule has 0 aromatic heterocycles. The minimum atomic E-state index is -3.85. The molecule has 0 bridgehead atoms. The van der Waals surface area contributed by atoms with E-state index in [0.29, 0.717) is 0 Å². The molecule has 0 amide bonds. The molecule has 0 aliphatic heterocycles. The van der Waals surface area contributed by atoms with Gasteiger partial charge in [-0.05, 0) is 20.8 Å². The van der Waals surface area contributed by atoms with Crippen LogP contribution in [0.1, 0.15) is 20.8 Å². The normalized spacial score (nSPS) is 16.7. The molecule has 0 aliphatic rings. The molecule has 0 heterocycles. The van der Waals surface area contributed by atoms with Crippen molar-refractivity contribution in [2.24, 2.45) is 0 Å². The maximum atomic E-state index is 12.0. The van der Waals surface area contributed by atoms with E-state index in [1.54, 1.807) is 20.8 Å². The molecule has 0 saturated heterocycles. The van der Waals surface area contributed by atoms with Gasteiger partial charge in [-0.2, -0.15) is 12.7 Å². The van der Waals surface area contributed by atoms with E-state index < -0.39 is 24.1 Å². The molecule has 16 heavy (non-hydrogen) atoms. The van der Waals surface area contributed by atoms with Crippen molar-refractivity contribution in [1.29, 1.82) is 0 Å². The Kier molecular flexibility index (Phi) is 6.10. The van der Waals surface area contributed by atoms with Gasteiger partial charge in [0.2, 0.25) is 0 Å². The third-order valence-electron chi connectivity index (χ3n) is 1.36. The van der Waals surface area contributed by atoms with Gasteiger partial charge in [0.05, 0.1) is 12.7 Å². The second-order valence-corrected chi connectivity index (χ2v) is 7.32. The first-order valence-corrected chi connectivity index (χ1v) is 7.75. The fraction of sp³-hybridized carbons (Fsp3) is 1.00. The average Bonchev–Trinajstić information content (AvgIpc) is 1.99. The van der Waals surface area contributed by atoms with E-state index in [2.05, 4.69) is 0 Å². The summed E-state index contributed by atoms with van der Waals surface area (Å²) in [5, 5.41) is 0. The first kappa shape index (κ1) is 16.0. The molecule has 7 nitrogen and oxygen atoms in total. The molecular weight excluding hydrogens is 255 g/mol. The molecule has 1 N–H and O–H groups in total. The fourth-order valence-electron chi connectivity index (χ4n) is 0.749. The zero-order valence-corrected chi connectivity index (χ0v) is 11.8. The smallest absolute Gasteiger partial charge is 0.296 e. The second-order valence-electron chi connectivity index (χ2n) is 3.45. The van der Waals surface area contributed by atoms with Crippen molar-refractivity contribution in [1.82, 2.24) is 8.80 Å². The lowest BCUT2D eigenvalue weighted by Gasteiger charge is -2.22. The molecule has 0 aromatic rings. The first-order chi connectivity index (χ1) is 7.13. The summed E-state index contributed by atoms with van der Waals surface area (Å²) >= 11 is 0. The minimum Gasteiger partial charge on any atom is -0.296 e. The Hall–Kier alpha value is 0.0200. The fourth-order valence-corrected chi connectivity index (χ4v) is 3.87. The van der Waals surface area contributed by atoms with E-state index in [4.69, 9.17) is 9.05 Å². The largest absolute Gasteiger partial charge is 0.420 e. The van der Waals surface area contributed by atoms with Gasteiger partial charge in [0.1, 0.15) is 0 Å². The molecule has 0 rings (SSSR count). The predicted octanol–water partition coefficient (Wildman–Crippen LogP) is 0.952. The number of nitrogens with zero attached hydrogens (tertiary/aromatic N) is 1. The highest BCUT2D eigenvalue weighted by Gasteiger charge is 2.33. The van der Waals surface area contributed by atoms with E-state index in [1.807, 2.05) is 4.49 Å². The molecular formula is C7H19N2O5PS. The zero-order chi connectivity index (χ0) is 13.0. The van der Waals surface area contributed by atoms with Crippen LogP contribution in [0.4, 0.5) is 0 Å². The molecule has 0 fully saturated rings. The van der Waals surface area contributed by atoms with E-state index in [1.165, 1.54) is 14.1 Å². The molecule has 1 atom stereocenters. The monoisotopic (exact) mass is 274 g/mol. The van der Waals surface area contributed by atoms with Crippen molar-refractivity contribution in [2.75, 3.05) is 20.7 Å². The van der Waals surface area contributed by atoms with Crippen molar-refractivity contribution in [2.45, 2.75) is 26.9 Å². The number of nitrogens with one attached hydrogen (secondary N) is 1. The predicted molar refractivity (Wildman–Crippen MR) is 61.2 cm³/mol. The summed E-state index contributed by atoms with van der Waals surface area (Å²) in [4.78, 5) is 0. The summed E-state index contributed by atoms with van der Waals surface area (Å²) in [5.74, 6) is 0. The van der Waals surface area contributed by atoms with Crippen LogP contribution in [0.5, 0.6) is 0 Å². The van der Waals surface area contributed by atoms with Gasteiger partial charge < -0.3 is 0 Å². The van der Waals surface area contributed by atoms with Crippen molar-refractivity contribution in [3.8, 4) is 0 Å². The molecule has 98 valence electrons. The van der Waals surface area contributed by atoms with Gasteiger partial charge in [-0.3, -0.25) is 9.05 Å². The molecule has 0 radical (unpaired) electrons. The van der Waals surface area contributed by atoms with Gasteiger partial charge in [0, 0.05) is 14.1 Å². The highest BCUT2D eigenvalue weighted by molar-refractivity contribution is 7.92. The van der Waals surface area contributed by atoms with Crippen molar-refractivity contribution in [3.05, 3.63) is 0 Å². The van der Waals surface area contributed by atoms with Crippen molar-refractivity contribution < 1.29 is 22.0 Å². The minimum absolute atomic E-state index is 0.0833. The summed E-state index contributed by atoms with van der Waals surface area (Å²) in [7, 11) is -5.06. The van der Waals surface area contributed by atoms with Gasteiger partial charge in [0.15, 0.2) is 0 Å². The topological polar surface area (TPSA) is 84.9 Å². The van der Waals surface area contributed by atoms with Crippen LogP contribution < -0.4 is 4.49 Å². The average molecular weight is 274 g/mol. The molecule has 9 heteroatoms. The summed E-state index contributed by atoms with van der Waals surface area (Å²) < 4.78 is 47.6. The summed E-state index contributed by atoms with van der Waals surface area (Å²) in [5.41, 5.74) is 0. The number of hydrogen-bond donors (Lipinski definition) is 1. The van der Waals surface area contributed by atoms with E-state index in [0.717, 1.165) is 4.31 Å². The quantitative estimate of drug-likeness (QED) is 0.699. The Bertz CT molecular complexity index is 354. The lowest BCUT2D eigenvalue weighted by atomic mass is 10.5. The van der Waals surface area contributed by atoms with Gasteiger partial charge in [-0.25, -0.2) is 4.57 Å². The van der Waals surface area contributed by atoms with Crippen LogP contribution >= 0.6 is 7.75 Å². The SMILES string of the molecule is CCOP(=O)(NS(=O)(=O)N(C)C)OC(C)C. The third-order valence-corrected chi connectivity index (χ3v) is 5.43. The Balaban J connectivity index is 4.89. The zero-order valence-electron chi connectivity index (χ0n) is 10.1. The summed E-state index contributed by atoms with van der Waals surface area (Å²) in [6, 6.07) is 0. The molecule has 1 unspecified atom stereocenters. The summed E-state index contributed by atoms with van der Waals surface area (Å²) in [6.45, 7) is 4.95. The van der Waals surface area contributed by atoms with Crippen LogP contribution in [0, 0.1) is 0 Å². The Morgan fingerprint density at radius 3 is 2.19 bits per heavy atom. The van der Waals surface area contributed by atoms with Crippen LogP contribution in [0.25, 0.3) is 0 Å². The maximum Gasteiger partial charge on any atom is 0.420 e. The lowest BCUT2D eigenvalue weighted by Crippen LogP contribution is -2.35. The summed E-state index contributed by atoms with van der Waals surface area (Å²) in [6.07, 6.45) is -0.415. The first-order valence-electron chi connectivity index (χ1n) is 4.77. The van der Waals surface area contributed by atoms with Crippen LogP contribution in [0.2, 0.25) is 0 Å².